The number of carbonyl (C=O) groups excluding carboxylic acids is 4. The van der Waals surface area contributed by atoms with Crippen molar-refractivity contribution in [2.75, 3.05) is 4.90 Å². The number of rotatable bonds is 4. The molecule has 1 saturated heterocycles. The second kappa shape index (κ2) is 12.6. The molecule has 8 rings (SSSR count). The molecule has 0 unspecified atom stereocenters. The average molecular weight is 756 g/mol. The molecule has 55 heavy (non-hydrogen) atoms. The summed E-state index contributed by atoms with van der Waals surface area (Å²) in [6.07, 6.45) is -7.72. The molecule has 6 nitrogen and oxygen atoms in total. The molecule has 4 aromatic rings. The number of benzene rings is 4. The first-order valence-electron chi connectivity index (χ1n) is 17.6. The van der Waals surface area contributed by atoms with E-state index in [0.717, 1.165) is 0 Å². The minimum Gasteiger partial charge on any atom is -0.507 e. The summed E-state index contributed by atoms with van der Waals surface area (Å²) in [5.41, 5.74) is -3.56. The van der Waals surface area contributed by atoms with Crippen molar-refractivity contribution in [3.63, 3.8) is 0 Å². The predicted octanol–water partition coefficient (Wildman–Crippen LogP) is 8.77. The fourth-order valence-corrected chi connectivity index (χ4v) is 9.46. The lowest BCUT2D eigenvalue weighted by molar-refractivity contribution is -0.143. The number of aromatic hydroxyl groups is 1. The number of alkyl halides is 6. The Morgan fingerprint density at radius 1 is 0.745 bits per heavy atom. The number of nitrogens with zero attached hydrogens (tertiary/aromatic N) is 1. The molecule has 0 spiro atoms. The molecule has 6 atom stereocenters. The lowest BCUT2D eigenvalue weighted by Crippen LogP contribution is -2.58. The van der Waals surface area contributed by atoms with Crippen molar-refractivity contribution in [3.05, 3.63) is 148 Å². The third kappa shape index (κ3) is 5.47. The first-order chi connectivity index (χ1) is 26.0. The number of hydrogen-bond donors (Lipinski definition) is 1. The Bertz CT molecular complexity index is 2320. The monoisotopic (exact) mass is 755 g/mol. The Hall–Kier alpha value is -5.78. The number of hydrogen-bond acceptors (Lipinski definition) is 5. The maximum Gasteiger partial charge on any atom is 0.416 e. The topological polar surface area (TPSA) is 91.8 Å². The van der Waals surface area contributed by atoms with Crippen molar-refractivity contribution in [2.24, 2.45) is 23.7 Å². The number of amides is 2. The van der Waals surface area contributed by atoms with Crippen LogP contribution in [0.1, 0.15) is 52.1 Å². The number of allylic oxidation sites excluding steroid dienone is 4. The van der Waals surface area contributed by atoms with Crippen LogP contribution in [0, 0.1) is 30.6 Å². The second-order valence-electron chi connectivity index (χ2n) is 14.6. The van der Waals surface area contributed by atoms with Gasteiger partial charge in [0, 0.05) is 23.0 Å². The number of para-hydroxylation sites is 1. The number of fused-ring (bicyclic) bond motifs is 4. The summed E-state index contributed by atoms with van der Waals surface area (Å²) in [5.74, 6) is -8.65. The predicted molar refractivity (Wildman–Crippen MR) is 188 cm³/mol. The largest absolute Gasteiger partial charge is 0.507 e. The van der Waals surface area contributed by atoms with Gasteiger partial charge in [-0.15, -0.1) is 0 Å². The van der Waals surface area contributed by atoms with Gasteiger partial charge in [0.05, 0.1) is 34.1 Å². The average Bonchev–Trinajstić information content (AvgIpc) is 3.42. The summed E-state index contributed by atoms with van der Waals surface area (Å²) in [6, 6.07) is 22.8. The third-order valence-corrected chi connectivity index (χ3v) is 11.8. The first-order valence-corrected chi connectivity index (χ1v) is 17.6. The Labute approximate surface area is 310 Å². The van der Waals surface area contributed by atoms with Gasteiger partial charge in [-0.3, -0.25) is 19.2 Å². The molecule has 2 amide bonds. The molecule has 1 heterocycles. The van der Waals surface area contributed by atoms with Gasteiger partial charge in [0.1, 0.15) is 5.75 Å². The highest BCUT2D eigenvalue weighted by atomic mass is 19.4. The van der Waals surface area contributed by atoms with Crippen molar-refractivity contribution in [1.29, 1.82) is 0 Å². The normalized spacial score (nSPS) is 26.6. The summed E-state index contributed by atoms with van der Waals surface area (Å²) < 4.78 is 83.4. The molecule has 0 aromatic heterocycles. The molecular weight excluding hydrogens is 724 g/mol. The fourth-order valence-electron chi connectivity index (χ4n) is 9.46. The molecule has 2 fully saturated rings. The van der Waals surface area contributed by atoms with Gasteiger partial charge in [0.2, 0.25) is 11.8 Å². The lowest BCUT2D eigenvalue weighted by atomic mass is 9.44. The standard InChI is InChI=1S/C43H31F6NO5/c1-22-9-8-14-30(37(22)52)36-28-15-16-29-35(40(55)50(39(29)54)27-18-25(42(44,45)46)17-26(19-27)43(47,48)49)32(28)20-33-38(53)31(23-10-4-2-5-11-23)21-34(51)41(33,36)24-12-6-3-7-13-24/h2-15,17-19,21,29,32-33,35-36,52H,16,20H2,1H3/t29-,32+,33-,35-,36+,41-/m0/s1. The van der Waals surface area contributed by atoms with Gasteiger partial charge >= 0.3 is 12.4 Å². The van der Waals surface area contributed by atoms with Crippen molar-refractivity contribution >= 4 is 34.6 Å². The van der Waals surface area contributed by atoms with Crippen LogP contribution in [0.5, 0.6) is 5.75 Å². The van der Waals surface area contributed by atoms with E-state index in [4.69, 9.17) is 0 Å². The van der Waals surface area contributed by atoms with Gasteiger partial charge in [-0.25, -0.2) is 4.90 Å². The first kappa shape index (κ1) is 36.2. The lowest BCUT2D eigenvalue weighted by Gasteiger charge is -2.55. The smallest absolute Gasteiger partial charge is 0.416 e. The molecule has 1 aliphatic heterocycles. The number of phenolic OH excluding ortho intramolecular Hbond substituents is 1. The van der Waals surface area contributed by atoms with E-state index in [2.05, 4.69) is 0 Å². The molecule has 1 saturated carbocycles. The number of anilines is 1. The van der Waals surface area contributed by atoms with Gasteiger partial charge < -0.3 is 5.11 Å². The zero-order chi connectivity index (χ0) is 39.2. The van der Waals surface area contributed by atoms with E-state index < -0.39 is 87.6 Å². The highest BCUT2D eigenvalue weighted by Gasteiger charge is 2.66. The number of carbonyl (C=O) groups is 4. The van der Waals surface area contributed by atoms with Crippen molar-refractivity contribution in [3.8, 4) is 5.75 Å². The minimum absolute atomic E-state index is 0.0754. The van der Waals surface area contributed by atoms with Gasteiger partial charge in [-0.1, -0.05) is 90.5 Å². The highest BCUT2D eigenvalue weighted by Crippen LogP contribution is 2.64. The zero-order valence-corrected chi connectivity index (χ0v) is 29.0. The highest BCUT2D eigenvalue weighted by molar-refractivity contribution is 6.32. The molecule has 4 aromatic carbocycles. The molecule has 12 heteroatoms. The summed E-state index contributed by atoms with van der Waals surface area (Å²) in [4.78, 5) is 59.1. The second-order valence-corrected chi connectivity index (χ2v) is 14.6. The fraction of sp³-hybridized carbons (Fsp3) is 0.256. The quantitative estimate of drug-likeness (QED) is 0.128. The van der Waals surface area contributed by atoms with Crippen LogP contribution >= 0.6 is 0 Å². The van der Waals surface area contributed by atoms with E-state index in [-0.39, 0.29) is 30.2 Å². The number of Topliss-reactive ketones (excluding diaryl/α,β-unsaturated/α-hetero) is 1. The van der Waals surface area contributed by atoms with Crippen molar-refractivity contribution < 1.29 is 50.6 Å². The Kier molecular flexibility index (Phi) is 8.32. The maximum absolute atomic E-state index is 15.1. The van der Waals surface area contributed by atoms with Gasteiger partial charge in [0.15, 0.2) is 11.6 Å². The van der Waals surface area contributed by atoms with Crippen molar-refractivity contribution in [2.45, 2.75) is 43.5 Å². The van der Waals surface area contributed by atoms with Crippen LogP contribution < -0.4 is 4.90 Å². The van der Waals surface area contributed by atoms with E-state index in [0.29, 0.717) is 44.9 Å². The van der Waals surface area contributed by atoms with E-state index >= 15 is 4.79 Å². The molecule has 3 aliphatic carbocycles. The van der Waals surface area contributed by atoms with Crippen molar-refractivity contribution in [1.82, 2.24) is 0 Å². The van der Waals surface area contributed by atoms with E-state index in [1.165, 1.54) is 6.08 Å². The maximum atomic E-state index is 15.1. The summed E-state index contributed by atoms with van der Waals surface area (Å²) in [5, 5.41) is 11.7. The van der Waals surface area contributed by atoms with Gasteiger partial charge in [-0.05, 0) is 66.6 Å². The Balaban J connectivity index is 1.34. The number of phenols is 1. The Morgan fingerprint density at radius 3 is 1.98 bits per heavy atom. The van der Waals surface area contributed by atoms with E-state index in [1.807, 2.05) is 0 Å². The van der Waals surface area contributed by atoms with Crippen LogP contribution in [-0.4, -0.2) is 28.5 Å². The summed E-state index contributed by atoms with van der Waals surface area (Å²) >= 11 is 0. The van der Waals surface area contributed by atoms with Crippen LogP contribution in [0.4, 0.5) is 32.0 Å². The van der Waals surface area contributed by atoms with Gasteiger partial charge in [0.25, 0.3) is 0 Å². The molecule has 0 bridgehead atoms. The minimum atomic E-state index is -5.23. The van der Waals surface area contributed by atoms with Crippen LogP contribution in [0.3, 0.4) is 0 Å². The number of aryl methyl sites for hydroxylation is 1. The molecule has 1 N–H and O–H groups in total. The summed E-state index contributed by atoms with van der Waals surface area (Å²) in [6.45, 7) is 1.67. The zero-order valence-electron chi connectivity index (χ0n) is 29.0. The molecule has 4 aliphatic rings. The third-order valence-electron chi connectivity index (χ3n) is 11.8. The van der Waals surface area contributed by atoms with Crippen LogP contribution in [-0.2, 0) is 36.9 Å². The molecular formula is C43H31F6NO5. The Morgan fingerprint density at radius 2 is 1.36 bits per heavy atom. The van der Waals surface area contributed by atoms with E-state index in [1.54, 1.807) is 91.9 Å². The SMILES string of the molecule is Cc1cccc([C@H]2C3=CC[C@@H]4C(=O)N(c5cc(C(F)(F)F)cc(C(F)(F)F)c5)C(=O)[C@@H]4[C@@H]3C[C@H]3C(=O)C(c4ccccc4)=CC(=O)[C@@]23c2ccccc2)c1O. The summed E-state index contributed by atoms with van der Waals surface area (Å²) in [7, 11) is 0. The molecule has 280 valence electrons. The number of ketones is 2. The van der Waals surface area contributed by atoms with Gasteiger partial charge in [-0.2, -0.15) is 26.3 Å². The van der Waals surface area contributed by atoms with E-state index in [9.17, 15) is 45.8 Å². The van der Waals surface area contributed by atoms with Crippen LogP contribution in [0.25, 0.3) is 5.57 Å². The number of imide groups is 1. The van der Waals surface area contributed by atoms with Crippen LogP contribution in [0.15, 0.2) is 115 Å². The molecule has 0 radical (unpaired) electrons. The van der Waals surface area contributed by atoms with Crippen LogP contribution in [0.2, 0.25) is 0 Å². The number of halogens is 6.